The number of hydrogen-bond acceptors (Lipinski definition) is 6. The first-order valence-electron chi connectivity index (χ1n) is 8.40. The van der Waals surface area contributed by atoms with Crippen LogP contribution in [0.5, 0.6) is 0 Å². The Bertz CT molecular complexity index is 929. The fraction of sp³-hybridized carbons (Fsp3) is 0.500. The van der Waals surface area contributed by atoms with Gasteiger partial charge in [0.05, 0.1) is 18.5 Å². The van der Waals surface area contributed by atoms with Gasteiger partial charge in [0, 0.05) is 6.07 Å². The van der Waals surface area contributed by atoms with E-state index in [0.29, 0.717) is 0 Å². The van der Waals surface area contributed by atoms with E-state index in [2.05, 4.69) is 20.3 Å². The summed E-state index contributed by atoms with van der Waals surface area (Å²) in [5.41, 5.74) is 3.09. The predicted octanol–water partition coefficient (Wildman–Crippen LogP) is 1.55. The molecule has 1 unspecified atom stereocenters. The zero-order valence-electron chi connectivity index (χ0n) is 14.8. The lowest BCUT2D eigenvalue weighted by Crippen LogP contribution is -2.41. The summed E-state index contributed by atoms with van der Waals surface area (Å²) in [4.78, 5) is 34.3. The Balaban J connectivity index is 1.95. The molecule has 9 nitrogen and oxygen atoms in total. The number of H-pyrrole nitrogens is 1. The number of aromatic amines is 1. The van der Waals surface area contributed by atoms with Gasteiger partial charge < -0.3 is 25.9 Å². The second-order valence-corrected chi connectivity index (χ2v) is 6.63. The lowest BCUT2D eigenvalue weighted by molar-refractivity contribution is -0.265. The molecule has 1 saturated heterocycles. The van der Waals surface area contributed by atoms with E-state index in [9.17, 15) is 22.8 Å². The molecule has 0 saturated carbocycles. The summed E-state index contributed by atoms with van der Waals surface area (Å²) < 4.78 is 44.7. The maximum absolute atomic E-state index is 13.2. The van der Waals surface area contributed by atoms with Gasteiger partial charge >= 0.3 is 6.18 Å². The Kier molecular flexibility index (Phi) is 5.02. The average molecular weight is 401 g/mol. The molecule has 0 bridgehead atoms. The number of carbonyl (C=O) groups excluding carboxylic acids is 2. The van der Waals surface area contributed by atoms with E-state index in [-0.39, 0.29) is 54.2 Å². The molecule has 0 radical (unpaired) electrons. The lowest BCUT2D eigenvalue weighted by Gasteiger charge is -2.27. The van der Waals surface area contributed by atoms with Gasteiger partial charge in [-0.2, -0.15) is 13.2 Å². The van der Waals surface area contributed by atoms with E-state index >= 15 is 0 Å². The number of alkyl halides is 3. The molecule has 12 heteroatoms. The zero-order chi connectivity index (χ0) is 20.7. The number of nitrogens with zero attached hydrogens (tertiary/aromatic N) is 2. The van der Waals surface area contributed by atoms with Gasteiger partial charge in [-0.3, -0.25) is 9.59 Å². The summed E-state index contributed by atoms with van der Waals surface area (Å²) in [6.45, 7) is 0.600. The Labute approximate surface area is 156 Å². The second-order valence-electron chi connectivity index (χ2n) is 6.63. The minimum absolute atomic E-state index is 0.0116. The number of aliphatic hydroxyl groups is 1. The molecule has 1 fully saturated rings. The molecule has 0 aliphatic carbocycles. The summed E-state index contributed by atoms with van der Waals surface area (Å²) in [6.07, 6.45) is -5.81. The molecule has 2 aromatic rings. The van der Waals surface area contributed by atoms with E-state index in [1.807, 2.05) is 0 Å². The molecule has 3 heterocycles. The Morgan fingerprint density at radius 2 is 2.18 bits per heavy atom. The van der Waals surface area contributed by atoms with Crippen LogP contribution in [0.3, 0.4) is 0 Å². The van der Waals surface area contributed by atoms with Crippen molar-refractivity contribution >= 4 is 28.7 Å². The van der Waals surface area contributed by atoms with Crippen molar-refractivity contribution in [2.24, 2.45) is 5.73 Å². The number of imidazole rings is 1. The Hall–Kier alpha value is -2.73. The molecule has 5 N–H and O–H groups in total. The highest BCUT2D eigenvalue weighted by atomic mass is 19.4. The van der Waals surface area contributed by atoms with E-state index in [1.165, 1.54) is 6.07 Å². The number of nitrogens with one attached hydrogen (secondary N) is 2. The van der Waals surface area contributed by atoms with Gasteiger partial charge in [-0.1, -0.05) is 0 Å². The van der Waals surface area contributed by atoms with Crippen molar-refractivity contribution in [2.45, 2.75) is 44.1 Å². The molecular formula is C16H18F3N5O4. The van der Waals surface area contributed by atoms with E-state index in [4.69, 9.17) is 15.6 Å². The topological polar surface area (TPSA) is 143 Å². The first kappa shape index (κ1) is 20.0. The highest BCUT2D eigenvalue weighted by Gasteiger charge is 2.57. The maximum Gasteiger partial charge on any atom is 0.417 e. The number of nitrogens with two attached hydrogens (primary N) is 1. The number of ether oxygens (including phenoxy) is 1. The molecule has 2 atom stereocenters. The number of halogens is 3. The Morgan fingerprint density at radius 3 is 2.75 bits per heavy atom. The number of rotatable bonds is 5. The summed E-state index contributed by atoms with van der Waals surface area (Å²) >= 11 is 0. The van der Waals surface area contributed by atoms with Gasteiger partial charge in [0.1, 0.15) is 23.3 Å². The highest BCUT2D eigenvalue weighted by molar-refractivity contribution is 6.04. The largest absolute Gasteiger partial charge is 0.417 e. The second kappa shape index (κ2) is 7.02. The van der Waals surface area contributed by atoms with Crippen LogP contribution in [0.15, 0.2) is 6.07 Å². The minimum Gasteiger partial charge on any atom is -0.396 e. The molecule has 0 spiro atoms. The standard InChI is InChI=1S/C16H18F3N5O4/c1-15(16(17,18)19)4-2-8(28-15)14-21-7-6-9(22-10(26)3-5-25)23-12(13(20)27)11(7)24-14/h6,8,25H,2-5H2,1H3,(H2,20,27)(H,21,24)(H,22,23,26)/t8?,15-/m1/s1. The van der Waals surface area contributed by atoms with Gasteiger partial charge in [0.2, 0.25) is 5.91 Å². The van der Waals surface area contributed by atoms with Crippen LogP contribution in [-0.2, 0) is 9.53 Å². The summed E-state index contributed by atoms with van der Waals surface area (Å²) in [6, 6.07) is 1.37. The van der Waals surface area contributed by atoms with Crippen molar-refractivity contribution < 1.29 is 32.6 Å². The van der Waals surface area contributed by atoms with Gasteiger partial charge in [-0.15, -0.1) is 0 Å². The number of carbonyl (C=O) groups is 2. The van der Waals surface area contributed by atoms with Gasteiger partial charge in [0.25, 0.3) is 5.91 Å². The third-order valence-electron chi connectivity index (χ3n) is 4.52. The third kappa shape index (κ3) is 3.64. The average Bonchev–Trinajstić information content (AvgIpc) is 3.18. The minimum atomic E-state index is -4.53. The van der Waals surface area contributed by atoms with Crippen molar-refractivity contribution in [2.75, 3.05) is 11.9 Å². The first-order chi connectivity index (χ1) is 13.0. The van der Waals surface area contributed by atoms with Crippen LogP contribution in [-0.4, -0.2) is 50.3 Å². The molecular weight excluding hydrogens is 383 g/mol. The fourth-order valence-electron chi connectivity index (χ4n) is 2.97. The summed E-state index contributed by atoms with van der Waals surface area (Å²) in [7, 11) is 0. The number of aromatic nitrogens is 3. The number of hydrogen-bond donors (Lipinski definition) is 4. The van der Waals surface area contributed by atoms with Crippen molar-refractivity contribution in [3.8, 4) is 0 Å². The van der Waals surface area contributed by atoms with Crippen LogP contribution in [0.4, 0.5) is 19.0 Å². The summed E-state index contributed by atoms with van der Waals surface area (Å²) in [5, 5.41) is 11.2. The van der Waals surface area contributed by atoms with Crippen LogP contribution in [0.2, 0.25) is 0 Å². The molecule has 1 aliphatic rings. The number of anilines is 1. The number of aliphatic hydroxyl groups excluding tert-OH is 1. The van der Waals surface area contributed by atoms with E-state index < -0.39 is 29.7 Å². The van der Waals surface area contributed by atoms with Crippen LogP contribution in [0.1, 0.15) is 48.6 Å². The van der Waals surface area contributed by atoms with Crippen molar-refractivity contribution in [3.63, 3.8) is 0 Å². The maximum atomic E-state index is 13.2. The number of fused-ring (bicyclic) bond motifs is 1. The SMILES string of the molecule is C[C@]1(C(F)(F)F)CCC(c2nc3c(C(N)=O)nc(NC(=O)CCO)cc3[nH]2)O1. The number of primary amides is 1. The van der Waals surface area contributed by atoms with E-state index in [1.54, 1.807) is 0 Å². The molecule has 2 aromatic heterocycles. The molecule has 152 valence electrons. The van der Waals surface area contributed by atoms with Crippen LogP contribution in [0.25, 0.3) is 11.0 Å². The van der Waals surface area contributed by atoms with E-state index in [0.717, 1.165) is 6.92 Å². The molecule has 1 aliphatic heterocycles. The zero-order valence-corrected chi connectivity index (χ0v) is 14.8. The molecule has 3 rings (SSSR count). The van der Waals surface area contributed by atoms with Crippen molar-refractivity contribution in [1.82, 2.24) is 15.0 Å². The monoisotopic (exact) mass is 401 g/mol. The van der Waals surface area contributed by atoms with Crippen LogP contribution in [0, 0.1) is 0 Å². The Morgan fingerprint density at radius 1 is 1.46 bits per heavy atom. The number of pyridine rings is 1. The normalized spacial score (nSPS) is 22.5. The smallest absolute Gasteiger partial charge is 0.396 e. The van der Waals surface area contributed by atoms with Crippen molar-refractivity contribution in [3.05, 3.63) is 17.6 Å². The van der Waals surface area contributed by atoms with Gasteiger partial charge in [0.15, 0.2) is 11.3 Å². The lowest BCUT2D eigenvalue weighted by atomic mass is 10.0. The third-order valence-corrected chi connectivity index (χ3v) is 4.52. The molecule has 28 heavy (non-hydrogen) atoms. The van der Waals surface area contributed by atoms with Gasteiger partial charge in [-0.05, 0) is 19.8 Å². The summed E-state index contributed by atoms with van der Waals surface area (Å²) in [5.74, 6) is -1.37. The predicted molar refractivity (Wildman–Crippen MR) is 90.3 cm³/mol. The van der Waals surface area contributed by atoms with Crippen LogP contribution < -0.4 is 11.1 Å². The number of amides is 2. The highest BCUT2D eigenvalue weighted by Crippen LogP contribution is 2.47. The first-order valence-corrected chi connectivity index (χ1v) is 8.40. The molecule has 0 aromatic carbocycles. The van der Waals surface area contributed by atoms with Gasteiger partial charge in [-0.25, -0.2) is 9.97 Å². The van der Waals surface area contributed by atoms with Crippen LogP contribution >= 0.6 is 0 Å². The van der Waals surface area contributed by atoms with Crippen molar-refractivity contribution in [1.29, 1.82) is 0 Å². The molecule has 2 amide bonds. The fourth-order valence-corrected chi connectivity index (χ4v) is 2.97. The quantitative estimate of drug-likeness (QED) is 0.599.